The molecule has 6 nitrogen and oxygen atoms in total. The Labute approximate surface area is 147 Å². The van der Waals surface area contributed by atoms with Crippen molar-refractivity contribution in [2.45, 2.75) is 26.4 Å². The van der Waals surface area contributed by atoms with Crippen molar-refractivity contribution < 1.29 is 14.3 Å². The molecule has 1 saturated heterocycles. The Hall–Kier alpha value is -2.63. The second-order valence-electron chi connectivity index (χ2n) is 6.86. The molecule has 1 amide bonds. The Kier molecular flexibility index (Phi) is 4.88. The van der Waals surface area contributed by atoms with Crippen molar-refractivity contribution >= 4 is 11.9 Å². The second-order valence-corrected chi connectivity index (χ2v) is 6.86. The van der Waals surface area contributed by atoms with Crippen LogP contribution in [-0.4, -0.2) is 39.6 Å². The van der Waals surface area contributed by atoms with E-state index in [0.29, 0.717) is 18.7 Å². The fourth-order valence-electron chi connectivity index (χ4n) is 3.21. The van der Waals surface area contributed by atoms with E-state index in [-0.39, 0.29) is 18.5 Å². The SMILES string of the molecule is Cn1cc(COC(=O)C2(C)CCCN(C(=O)c3ccccc3)C2)cn1. The molecular formula is C19H23N3O3. The summed E-state index contributed by atoms with van der Waals surface area (Å²) in [6.07, 6.45) is 5.01. The second kappa shape index (κ2) is 7.09. The van der Waals surface area contributed by atoms with Crippen molar-refractivity contribution in [2.24, 2.45) is 12.5 Å². The maximum atomic E-state index is 12.7. The summed E-state index contributed by atoms with van der Waals surface area (Å²) in [6.45, 7) is 3.13. The molecular weight excluding hydrogens is 318 g/mol. The highest BCUT2D eigenvalue weighted by Gasteiger charge is 2.40. The highest BCUT2D eigenvalue weighted by atomic mass is 16.5. The zero-order chi connectivity index (χ0) is 17.9. The van der Waals surface area contributed by atoms with E-state index in [4.69, 9.17) is 4.74 Å². The number of benzene rings is 1. The molecule has 3 rings (SSSR count). The van der Waals surface area contributed by atoms with Gasteiger partial charge in [0.05, 0.1) is 11.6 Å². The molecule has 1 aliphatic rings. The van der Waals surface area contributed by atoms with Gasteiger partial charge in [0.2, 0.25) is 0 Å². The third-order valence-corrected chi connectivity index (χ3v) is 4.63. The molecule has 2 aromatic rings. The first-order valence-corrected chi connectivity index (χ1v) is 8.47. The van der Waals surface area contributed by atoms with Crippen molar-refractivity contribution in [3.63, 3.8) is 0 Å². The zero-order valence-electron chi connectivity index (χ0n) is 14.6. The Morgan fingerprint density at radius 3 is 2.72 bits per heavy atom. The quantitative estimate of drug-likeness (QED) is 0.801. The largest absolute Gasteiger partial charge is 0.460 e. The first kappa shape index (κ1) is 17.2. The van der Waals surface area contributed by atoms with E-state index >= 15 is 0 Å². The van der Waals surface area contributed by atoms with Crippen molar-refractivity contribution in [1.82, 2.24) is 14.7 Å². The smallest absolute Gasteiger partial charge is 0.313 e. The van der Waals surface area contributed by atoms with Gasteiger partial charge in [-0.3, -0.25) is 14.3 Å². The number of ether oxygens (including phenoxy) is 1. The number of aromatic nitrogens is 2. The highest BCUT2D eigenvalue weighted by molar-refractivity contribution is 5.94. The number of nitrogens with zero attached hydrogens (tertiary/aromatic N) is 3. The molecule has 0 aliphatic carbocycles. The molecule has 0 radical (unpaired) electrons. The van der Waals surface area contributed by atoms with Gasteiger partial charge in [-0.05, 0) is 31.9 Å². The molecule has 1 aliphatic heterocycles. The van der Waals surface area contributed by atoms with Crippen molar-refractivity contribution in [3.8, 4) is 0 Å². The van der Waals surface area contributed by atoms with Crippen LogP contribution in [0.5, 0.6) is 0 Å². The van der Waals surface area contributed by atoms with Gasteiger partial charge in [0.1, 0.15) is 6.61 Å². The maximum absolute atomic E-state index is 12.7. The number of likely N-dealkylation sites (tertiary alicyclic amines) is 1. The first-order chi connectivity index (χ1) is 12.0. The molecule has 6 heteroatoms. The molecule has 1 aromatic carbocycles. The minimum absolute atomic E-state index is 0.0356. The fraction of sp³-hybridized carbons (Fsp3) is 0.421. The van der Waals surface area contributed by atoms with Gasteiger partial charge in [-0.2, -0.15) is 5.10 Å². The number of hydrogen-bond acceptors (Lipinski definition) is 4. The lowest BCUT2D eigenvalue weighted by atomic mass is 9.81. The van der Waals surface area contributed by atoms with Gasteiger partial charge in [0, 0.05) is 37.5 Å². The maximum Gasteiger partial charge on any atom is 0.313 e. The molecule has 0 bridgehead atoms. The van der Waals surface area contributed by atoms with Gasteiger partial charge in [-0.25, -0.2) is 0 Å². The van der Waals surface area contributed by atoms with Gasteiger partial charge in [-0.1, -0.05) is 18.2 Å². The van der Waals surface area contributed by atoms with E-state index in [0.717, 1.165) is 18.4 Å². The summed E-state index contributed by atoms with van der Waals surface area (Å²) in [5.41, 5.74) is 0.827. The number of esters is 1. The minimum atomic E-state index is -0.676. The van der Waals surface area contributed by atoms with Crippen LogP contribution in [0.4, 0.5) is 0 Å². The van der Waals surface area contributed by atoms with Crippen LogP contribution in [0.15, 0.2) is 42.7 Å². The zero-order valence-corrected chi connectivity index (χ0v) is 14.6. The third-order valence-electron chi connectivity index (χ3n) is 4.63. The third kappa shape index (κ3) is 3.90. The van der Waals surface area contributed by atoms with Crippen LogP contribution in [0.2, 0.25) is 0 Å². The van der Waals surface area contributed by atoms with E-state index < -0.39 is 5.41 Å². The standard InChI is InChI=1S/C19H23N3O3/c1-19(18(24)25-13-15-11-20-21(2)12-15)9-6-10-22(14-19)17(23)16-7-4-3-5-8-16/h3-5,7-8,11-12H,6,9-10,13-14H2,1-2H3. The topological polar surface area (TPSA) is 64.4 Å². The molecule has 1 fully saturated rings. The fourth-order valence-corrected chi connectivity index (χ4v) is 3.21. The van der Waals surface area contributed by atoms with Crippen LogP contribution in [-0.2, 0) is 23.2 Å². The van der Waals surface area contributed by atoms with Crippen molar-refractivity contribution in [2.75, 3.05) is 13.1 Å². The number of carbonyl (C=O) groups excluding carboxylic acids is 2. The van der Waals surface area contributed by atoms with E-state index in [9.17, 15) is 9.59 Å². The number of amides is 1. The Balaban J connectivity index is 1.64. The summed E-state index contributed by atoms with van der Waals surface area (Å²) in [5.74, 6) is -0.298. The van der Waals surface area contributed by atoms with Crippen LogP contribution in [0.3, 0.4) is 0 Å². The molecule has 25 heavy (non-hydrogen) atoms. The van der Waals surface area contributed by atoms with Crippen molar-refractivity contribution in [1.29, 1.82) is 0 Å². The highest BCUT2D eigenvalue weighted by Crippen LogP contribution is 2.32. The summed E-state index contributed by atoms with van der Waals surface area (Å²) < 4.78 is 7.16. The lowest BCUT2D eigenvalue weighted by Gasteiger charge is -2.38. The van der Waals surface area contributed by atoms with Crippen molar-refractivity contribution in [3.05, 3.63) is 53.9 Å². The monoisotopic (exact) mass is 341 g/mol. The van der Waals surface area contributed by atoms with Gasteiger partial charge in [0.15, 0.2) is 0 Å². The van der Waals surface area contributed by atoms with Crippen LogP contribution in [0.25, 0.3) is 0 Å². The van der Waals surface area contributed by atoms with E-state index in [1.807, 2.05) is 38.4 Å². The number of rotatable bonds is 4. The predicted molar refractivity (Wildman–Crippen MR) is 92.7 cm³/mol. The summed E-state index contributed by atoms with van der Waals surface area (Å²) in [4.78, 5) is 27.0. The molecule has 132 valence electrons. The average molecular weight is 341 g/mol. The normalized spacial score (nSPS) is 20.3. The van der Waals surface area contributed by atoms with Gasteiger partial charge < -0.3 is 9.64 Å². The first-order valence-electron chi connectivity index (χ1n) is 8.47. The summed E-state index contributed by atoms with van der Waals surface area (Å²) in [7, 11) is 1.82. The van der Waals surface area contributed by atoms with E-state index in [1.165, 1.54) is 0 Å². The summed E-state index contributed by atoms with van der Waals surface area (Å²) in [6, 6.07) is 9.17. The molecule has 1 atom stereocenters. The molecule has 0 saturated carbocycles. The number of piperidine rings is 1. The van der Waals surface area contributed by atoms with Crippen LogP contribution >= 0.6 is 0 Å². The Morgan fingerprint density at radius 1 is 1.28 bits per heavy atom. The number of carbonyl (C=O) groups is 2. The van der Waals surface area contributed by atoms with Crippen LogP contribution < -0.4 is 0 Å². The van der Waals surface area contributed by atoms with Crippen LogP contribution in [0.1, 0.15) is 35.7 Å². The number of aryl methyl sites for hydroxylation is 1. The molecule has 1 unspecified atom stereocenters. The average Bonchev–Trinajstić information content (AvgIpc) is 3.05. The van der Waals surface area contributed by atoms with Gasteiger partial charge in [-0.15, -0.1) is 0 Å². The molecule has 0 N–H and O–H groups in total. The Morgan fingerprint density at radius 2 is 2.04 bits per heavy atom. The van der Waals surface area contributed by atoms with Crippen LogP contribution in [0, 0.1) is 5.41 Å². The number of hydrogen-bond donors (Lipinski definition) is 0. The van der Waals surface area contributed by atoms with E-state index in [2.05, 4.69) is 5.10 Å². The summed E-state index contributed by atoms with van der Waals surface area (Å²) in [5, 5.41) is 4.07. The van der Waals surface area contributed by atoms with E-state index in [1.54, 1.807) is 27.9 Å². The molecule has 0 spiro atoms. The summed E-state index contributed by atoms with van der Waals surface area (Å²) >= 11 is 0. The van der Waals surface area contributed by atoms with Gasteiger partial charge in [0.25, 0.3) is 5.91 Å². The lowest BCUT2D eigenvalue weighted by molar-refractivity contribution is -0.159. The lowest BCUT2D eigenvalue weighted by Crippen LogP contribution is -2.49. The molecule has 2 heterocycles. The van der Waals surface area contributed by atoms with Gasteiger partial charge >= 0.3 is 5.97 Å². The minimum Gasteiger partial charge on any atom is -0.460 e. The molecule has 1 aromatic heterocycles. The Bertz CT molecular complexity index is 756. The predicted octanol–water partition coefficient (Wildman–Crippen LogP) is 2.41.